The molecule has 1 aromatic carbocycles. The molecule has 0 atom stereocenters. The minimum absolute atomic E-state index is 0.0517. The maximum absolute atomic E-state index is 11.8. The van der Waals surface area contributed by atoms with Crippen molar-refractivity contribution in [1.82, 2.24) is 0 Å². The topological polar surface area (TPSA) is 63.3 Å². The summed E-state index contributed by atoms with van der Waals surface area (Å²) in [7, 11) is -3.71. The van der Waals surface area contributed by atoms with Crippen LogP contribution in [0, 0.1) is 0 Å². The smallest absolute Gasteiger partial charge is 0.266 e. The lowest BCUT2D eigenvalue weighted by atomic mass is 10.2. The van der Waals surface area contributed by atoms with Crippen molar-refractivity contribution in [3.05, 3.63) is 29.8 Å². The molecule has 0 unspecified atom stereocenters. The third-order valence-corrected chi connectivity index (χ3v) is 3.56. The highest BCUT2D eigenvalue weighted by Crippen LogP contribution is 2.18. The standard InChI is InChI=1S/C11H15O4S/c1-2-10-6-3-4-7-11(10)16(13,14)15-9-5-8-12/h3-4,6-7H,2,5,8-9H2,1H3. The second-order valence-electron chi connectivity index (χ2n) is 3.30. The van der Waals surface area contributed by atoms with E-state index in [1.54, 1.807) is 18.2 Å². The monoisotopic (exact) mass is 243 g/mol. The van der Waals surface area contributed by atoms with Gasteiger partial charge in [-0.05, 0) is 24.5 Å². The zero-order valence-electron chi connectivity index (χ0n) is 9.18. The molecule has 0 saturated carbocycles. The summed E-state index contributed by atoms with van der Waals surface area (Å²) in [4.78, 5) is 0.198. The van der Waals surface area contributed by atoms with Gasteiger partial charge in [-0.1, -0.05) is 25.1 Å². The summed E-state index contributed by atoms with van der Waals surface area (Å²) in [5.41, 5.74) is 0.727. The number of hydrogen-bond acceptors (Lipinski definition) is 3. The van der Waals surface area contributed by atoms with Gasteiger partial charge in [0.15, 0.2) is 0 Å². The number of benzene rings is 1. The van der Waals surface area contributed by atoms with E-state index in [1.807, 2.05) is 6.92 Å². The molecule has 0 aliphatic heterocycles. The molecular weight excluding hydrogens is 228 g/mol. The lowest BCUT2D eigenvalue weighted by Gasteiger charge is -2.08. The Kier molecular flexibility index (Phi) is 4.92. The van der Waals surface area contributed by atoms with Crippen LogP contribution in [0.2, 0.25) is 0 Å². The van der Waals surface area contributed by atoms with Crippen LogP contribution < -0.4 is 0 Å². The third-order valence-electron chi connectivity index (χ3n) is 2.15. The van der Waals surface area contributed by atoms with Gasteiger partial charge >= 0.3 is 0 Å². The maximum atomic E-state index is 11.8. The van der Waals surface area contributed by atoms with Crippen LogP contribution in [-0.4, -0.2) is 21.6 Å². The van der Waals surface area contributed by atoms with Crippen LogP contribution in [0.1, 0.15) is 18.9 Å². The summed E-state index contributed by atoms with van der Waals surface area (Å²) in [6.07, 6.45) is 0.827. The highest BCUT2D eigenvalue weighted by Gasteiger charge is 2.17. The molecular formula is C11H15O4S. The molecule has 0 aromatic heterocycles. The third kappa shape index (κ3) is 3.30. The summed E-state index contributed by atoms with van der Waals surface area (Å²) in [5.74, 6) is 0. The average molecular weight is 243 g/mol. The first kappa shape index (κ1) is 13.2. The van der Waals surface area contributed by atoms with Crippen LogP contribution in [-0.2, 0) is 25.8 Å². The molecule has 5 heteroatoms. The lowest BCUT2D eigenvalue weighted by Crippen LogP contribution is -2.10. The Morgan fingerprint density at radius 3 is 2.56 bits per heavy atom. The van der Waals surface area contributed by atoms with E-state index in [0.717, 1.165) is 5.56 Å². The quantitative estimate of drug-likeness (QED) is 0.565. The summed E-state index contributed by atoms with van der Waals surface area (Å²) >= 11 is 0. The first-order chi connectivity index (χ1) is 7.61. The first-order valence-electron chi connectivity index (χ1n) is 5.17. The normalized spacial score (nSPS) is 11.6. The van der Waals surface area contributed by atoms with Crippen molar-refractivity contribution < 1.29 is 17.7 Å². The summed E-state index contributed by atoms with van der Waals surface area (Å²) in [5, 5.41) is 10.2. The zero-order valence-corrected chi connectivity index (χ0v) is 10.00. The van der Waals surface area contributed by atoms with E-state index in [-0.39, 0.29) is 24.5 Å². The molecule has 1 rings (SSSR count). The van der Waals surface area contributed by atoms with E-state index < -0.39 is 10.1 Å². The molecule has 1 radical (unpaired) electrons. The predicted molar refractivity (Wildman–Crippen MR) is 59.1 cm³/mol. The van der Waals surface area contributed by atoms with Crippen LogP contribution >= 0.6 is 0 Å². The fraction of sp³-hybridized carbons (Fsp3) is 0.455. The molecule has 0 spiro atoms. The van der Waals surface area contributed by atoms with Gasteiger partial charge in [0.1, 0.15) is 0 Å². The Morgan fingerprint density at radius 2 is 1.94 bits per heavy atom. The molecule has 16 heavy (non-hydrogen) atoms. The van der Waals surface area contributed by atoms with Crippen molar-refractivity contribution in [1.29, 1.82) is 0 Å². The van der Waals surface area contributed by atoms with Gasteiger partial charge < -0.3 is 0 Å². The highest BCUT2D eigenvalue weighted by atomic mass is 32.2. The van der Waals surface area contributed by atoms with Gasteiger partial charge in [-0.15, -0.1) is 0 Å². The van der Waals surface area contributed by atoms with Gasteiger partial charge in [0.25, 0.3) is 10.1 Å². The number of aryl methyl sites for hydroxylation is 1. The Bertz CT molecular complexity index is 425. The van der Waals surface area contributed by atoms with Crippen molar-refractivity contribution in [2.75, 3.05) is 13.2 Å². The molecule has 89 valence electrons. The van der Waals surface area contributed by atoms with Gasteiger partial charge in [0.2, 0.25) is 0 Å². The highest BCUT2D eigenvalue weighted by molar-refractivity contribution is 7.86. The van der Waals surface area contributed by atoms with Crippen LogP contribution in [0.4, 0.5) is 0 Å². The van der Waals surface area contributed by atoms with E-state index in [1.165, 1.54) is 6.07 Å². The maximum Gasteiger partial charge on any atom is 0.297 e. The molecule has 0 fully saturated rings. The average Bonchev–Trinajstić information content (AvgIpc) is 2.29. The van der Waals surface area contributed by atoms with Crippen molar-refractivity contribution in [2.45, 2.75) is 24.7 Å². The summed E-state index contributed by atoms with van der Waals surface area (Å²) in [6.45, 7) is 1.50. The molecule has 0 amide bonds. The van der Waals surface area contributed by atoms with Crippen molar-refractivity contribution >= 4 is 10.1 Å². The number of rotatable bonds is 6. The van der Waals surface area contributed by atoms with E-state index in [9.17, 15) is 13.5 Å². The second-order valence-corrected chi connectivity index (χ2v) is 4.88. The molecule has 0 heterocycles. The predicted octanol–water partition coefficient (Wildman–Crippen LogP) is 1.77. The van der Waals surface area contributed by atoms with Crippen molar-refractivity contribution in [3.63, 3.8) is 0 Å². The summed E-state index contributed by atoms with van der Waals surface area (Å²) in [6, 6.07) is 6.72. The fourth-order valence-corrected chi connectivity index (χ4v) is 2.57. The van der Waals surface area contributed by atoms with Crippen LogP contribution in [0.15, 0.2) is 29.2 Å². The summed E-state index contributed by atoms with van der Waals surface area (Å²) < 4.78 is 28.3. The first-order valence-corrected chi connectivity index (χ1v) is 6.58. The minimum atomic E-state index is -3.71. The van der Waals surface area contributed by atoms with E-state index in [2.05, 4.69) is 0 Å². The molecule has 0 aliphatic carbocycles. The lowest BCUT2D eigenvalue weighted by molar-refractivity contribution is 0.167. The van der Waals surface area contributed by atoms with Crippen LogP contribution in [0.5, 0.6) is 0 Å². The Labute approximate surface area is 96.0 Å². The van der Waals surface area contributed by atoms with Gasteiger partial charge in [-0.25, -0.2) is 5.11 Å². The van der Waals surface area contributed by atoms with Gasteiger partial charge in [0.05, 0.1) is 18.1 Å². The molecule has 0 saturated heterocycles. The zero-order chi connectivity index (χ0) is 12.0. The van der Waals surface area contributed by atoms with E-state index in [0.29, 0.717) is 6.42 Å². The molecule has 0 bridgehead atoms. The molecule has 0 aliphatic rings. The Morgan fingerprint density at radius 1 is 1.25 bits per heavy atom. The van der Waals surface area contributed by atoms with Gasteiger partial charge in [-0.2, -0.15) is 8.42 Å². The Hall–Kier alpha value is -0.910. The fourth-order valence-electron chi connectivity index (χ4n) is 1.33. The SMILES string of the molecule is CCc1ccccc1S(=O)(=O)OCCC[O]. The van der Waals surface area contributed by atoms with Crippen LogP contribution in [0.25, 0.3) is 0 Å². The van der Waals surface area contributed by atoms with E-state index in [4.69, 9.17) is 4.18 Å². The molecule has 0 N–H and O–H groups in total. The van der Waals surface area contributed by atoms with Gasteiger partial charge in [0, 0.05) is 0 Å². The largest absolute Gasteiger partial charge is 0.297 e. The number of hydrogen-bond donors (Lipinski definition) is 0. The molecule has 4 nitrogen and oxygen atoms in total. The van der Waals surface area contributed by atoms with Gasteiger partial charge in [-0.3, -0.25) is 4.18 Å². The van der Waals surface area contributed by atoms with Crippen molar-refractivity contribution in [2.24, 2.45) is 0 Å². The second kappa shape index (κ2) is 5.98. The molecule has 1 aromatic rings. The van der Waals surface area contributed by atoms with Crippen molar-refractivity contribution in [3.8, 4) is 0 Å². The Balaban J connectivity index is 2.89. The van der Waals surface area contributed by atoms with Crippen LogP contribution in [0.3, 0.4) is 0 Å². The minimum Gasteiger partial charge on any atom is -0.266 e. The van der Waals surface area contributed by atoms with E-state index >= 15 is 0 Å².